The number of nitrogens with one attached hydrogen (secondary N) is 2. The first-order chi connectivity index (χ1) is 22.9. The Morgan fingerprint density at radius 2 is 1.82 bits per heavy atom. The number of ether oxygens (including phenoxy) is 1. The molecule has 2 N–H and O–H groups in total. The first kappa shape index (κ1) is 36.0. The molecule has 0 unspecified atom stereocenters. The Balaban J connectivity index is 1.53. The molecule has 5 rings (SSSR count). The lowest BCUT2D eigenvalue weighted by atomic mass is 9.83. The molecule has 2 aliphatic rings. The fourth-order valence-corrected chi connectivity index (χ4v) is 7.27. The van der Waals surface area contributed by atoms with Crippen LogP contribution in [0.3, 0.4) is 0 Å². The summed E-state index contributed by atoms with van der Waals surface area (Å²) in [5.41, 5.74) is 2.14. The number of nitriles is 1. The lowest BCUT2D eigenvalue weighted by Gasteiger charge is -2.39. The van der Waals surface area contributed by atoms with Crippen LogP contribution in [0.4, 0.5) is 22.2 Å². The molecule has 1 atom stereocenters. The van der Waals surface area contributed by atoms with Gasteiger partial charge in [0.15, 0.2) is 14.1 Å². The number of nitrogens with zero attached hydrogens (tertiary/aromatic N) is 6. The number of amides is 2. The average molecular weight is 687 g/mol. The van der Waals surface area contributed by atoms with Crippen molar-refractivity contribution >= 4 is 37.8 Å². The third-order valence-corrected chi connectivity index (χ3v) is 14.4. The maximum absolute atomic E-state index is 13.6. The third kappa shape index (κ3) is 7.50. The summed E-state index contributed by atoms with van der Waals surface area (Å²) >= 11 is 0. The molecule has 49 heavy (non-hydrogen) atoms. The number of benzene rings is 1. The molecule has 0 radical (unpaired) electrons. The first-order valence-corrected chi connectivity index (χ1v) is 19.9. The molecule has 2 amide bonds. The number of rotatable bonds is 8. The van der Waals surface area contributed by atoms with E-state index in [-0.39, 0.29) is 17.0 Å². The van der Waals surface area contributed by atoms with Crippen LogP contribution in [0, 0.1) is 11.3 Å². The van der Waals surface area contributed by atoms with E-state index in [2.05, 4.69) is 62.5 Å². The summed E-state index contributed by atoms with van der Waals surface area (Å²) in [5, 5.41) is 21.0. The van der Waals surface area contributed by atoms with Gasteiger partial charge in [0.25, 0.3) is 5.91 Å². The van der Waals surface area contributed by atoms with Gasteiger partial charge < -0.3 is 19.8 Å². The van der Waals surface area contributed by atoms with E-state index in [0.29, 0.717) is 53.1 Å². The Kier molecular flexibility index (Phi) is 9.71. The van der Waals surface area contributed by atoms with Gasteiger partial charge in [-0.15, -0.1) is 0 Å². The second-order valence-electron chi connectivity index (χ2n) is 16.0. The highest BCUT2D eigenvalue weighted by Crippen LogP contribution is 2.47. The minimum Gasteiger partial charge on any atom is -0.443 e. The molecule has 0 saturated heterocycles. The average Bonchev–Trinajstić information content (AvgIpc) is 3.77. The van der Waals surface area contributed by atoms with Crippen molar-refractivity contribution < 1.29 is 18.8 Å². The summed E-state index contributed by atoms with van der Waals surface area (Å²) < 4.78 is 14.4. The van der Waals surface area contributed by atoms with Crippen molar-refractivity contribution in [2.24, 2.45) is 0 Å². The van der Waals surface area contributed by atoms with Gasteiger partial charge >= 0.3 is 6.09 Å². The Hall–Kier alpha value is -4.28. The predicted molar refractivity (Wildman–Crippen MR) is 193 cm³/mol. The van der Waals surface area contributed by atoms with Gasteiger partial charge in [0.05, 0.1) is 23.0 Å². The highest BCUT2D eigenvalue weighted by Gasteiger charge is 2.47. The molecule has 1 saturated carbocycles. The van der Waals surface area contributed by atoms with Gasteiger partial charge in [0.2, 0.25) is 5.95 Å². The van der Waals surface area contributed by atoms with E-state index < -0.39 is 25.4 Å². The number of hydrogen-bond acceptors (Lipinski definition) is 9. The summed E-state index contributed by atoms with van der Waals surface area (Å²) in [6, 6.07) is 9.75. The van der Waals surface area contributed by atoms with E-state index in [0.717, 1.165) is 31.2 Å². The normalized spacial score (nSPS) is 18.3. The standard InChI is InChI=1S/C36H50N8O4Si/c1-34(2,3)48-33(46)43-21-36(7,22-47-49(9,10)35(4,5)6)26-18-23(17-24(20-37)30(26)43)27-15-16-39-32(40-27)41-29-19-28(31(45)38-8)44(42-29)25-13-11-12-14-25/h15-19,25H,11-14,21-22H2,1-10H3,(H,38,45)(H,39,40,41,42)/t36-/m1/s1. The van der Waals surface area contributed by atoms with Crippen molar-refractivity contribution in [1.29, 1.82) is 5.26 Å². The molecule has 1 fully saturated rings. The number of aromatic nitrogens is 4. The number of fused-ring (bicyclic) bond motifs is 1. The van der Waals surface area contributed by atoms with Gasteiger partial charge in [-0.2, -0.15) is 10.4 Å². The lowest BCUT2D eigenvalue weighted by Crippen LogP contribution is -2.46. The minimum absolute atomic E-state index is 0.00624. The van der Waals surface area contributed by atoms with E-state index in [1.54, 1.807) is 41.0 Å². The van der Waals surface area contributed by atoms with Crippen LogP contribution in [0.15, 0.2) is 30.5 Å². The van der Waals surface area contributed by atoms with E-state index in [1.807, 2.05) is 26.8 Å². The van der Waals surface area contributed by atoms with E-state index in [1.165, 1.54) is 0 Å². The number of hydrogen-bond donors (Lipinski definition) is 2. The zero-order chi connectivity index (χ0) is 35.9. The molecule has 13 heteroatoms. The number of carbonyl (C=O) groups excluding carboxylic acids is 2. The molecule has 0 bridgehead atoms. The molecule has 1 aromatic carbocycles. The van der Waals surface area contributed by atoms with Crippen LogP contribution in [-0.4, -0.2) is 65.9 Å². The first-order valence-electron chi connectivity index (χ1n) is 17.0. The smallest absolute Gasteiger partial charge is 0.414 e. The lowest BCUT2D eigenvalue weighted by molar-refractivity contribution is 0.0575. The fourth-order valence-electron chi connectivity index (χ4n) is 6.16. The SMILES string of the molecule is CNC(=O)c1cc(Nc2nccc(-c3cc(C#N)c4c(c3)[C@@](C)(CO[Si](C)(C)C(C)(C)C)CN4C(=O)OC(C)(C)C)n2)nn1C1CCCC1. The molecule has 12 nitrogen and oxygen atoms in total. The summed E-state index contributed by atoms with van der Waals surface area (Å²) in [5.74, 6) is 0.568. The quantitative estimate of drug-likeness (QED) is 0.230. The molecule has 2 aromatic heterocycles. The molecule has 0 spiro atoms. The van der Waals surface area contributed by atoms with E-state index in [9.17, 15) is 14.9 Å². The second kappa shape index (κ2) is 13.2. The van der Waals surface area contributed by atoms with Gasteiger partial charge in [-0.1, -0.05) is 40.5 Å². The minimum atomic E-state index is -2.15. The largest absolute Gasteiger partial charge is 0.443 e. The summed E-state index contributed by atoms with van der Waals surface area (Å²) in [4.78, 5) is 37.1. The summed E-state index contributed by atoms with van der Waals surface area (Å²) in [7, 11) is -0.546. The predicted octanol–water partition coefficient (Wildman–Crippen LogP) is 7.46. The van der Waals surface area contributed by atoms with Gasteiger partial charge in [-0.25, -0.2) is 14.8 Å². The fraction of sp³-hybridized carbons (Fsp3) is 0.556. The van der Waals surface area contributed by atoms with Crippen LogP contribution in [0.5, 0.6) is 0 Å². The summed E-state index contributed by atoms with van der Waals surface area (Å²) in [6.45, 7) is 19.2. The van der Waals surface area contributed by atoms with Crippen molar-refractivity contribution in [1.82, 2.24) is 25.1 Å². The highest BCUT2D eigenvalue weighted by atomic mass is 28.4. The van der Waals surface area contributed by atoms with Crippen molar-refractivity contribution in [3.05, 3.63) is 47.3 Å². The van der Waals surface area contributed by atoms with Gasteiger partial charge in [-0.05, 0) is 75.5 Å². The van der Waals surface area contributed by atoms with Gasteiger partial charge in [0.1, 0.15) is 17.4 Å². The van der Waals surface area contributed by atoms with Gasteiger partial charge in [0, 0.05) is 43.4 Å². The van der Waals surface area contributed by atoms with E-state index in [4.69, 9.17) is 19.2 Å². The zero-order valence-corrected chi connectivity index (χ0v) is 31.5. The topological polar surface area (TPSA) is 147 Å². The maximum atomic E-state index is 13.6. The Morgan fingerprint density at radius 3 is 2.43 bits per heavy atom. The third-order valence-electron chi connectivity index (χ3n) is 9.89. The Morgan fingerprint density at radius 1 is 1.12 bits per heavy atom. The van der Waals surface area contributed by atoms with Crippen LogP contribution in [0.1, 0.15) is 102 Å². The number of carbonyl (C=O) groups is 2. The monoisotopic (exact) mass is 686 g/mol. The van der Waals surface area contributed by atoms with Crippen molar-refractivity contribution in [2.45, 2.75) is 109 Å². The van der Waals surface area contributed by atoms with Crippen LogP contribution in [0.2, 0.25) is 18.1 Å². The van der Waals surface area contributed by atoms with Crippen LogP contribution in [-0.2, 0) is 14.6 Å². The molecule has 1 aliphatic heterocycles. The Labute approximate surface area is 290 Å². The molecule has 1 aliphatic carbocycles. The van der Waals surface area contributed by atoms with Crippen LogP contribution in [0.25, 0.3) is 11.3 Å². The zero-order valence-electron chi connectivity index (χ0n) is 30.5. The summed E-state index contributed by atoms with van der Waals surface area (Å²) in [6.07, 6.45) is 5.30. The molecule has 3 heterocycles. The van der Waals surface area contributed by atoms with Crippen LogP contribution >= 0.6 is 0 Å². The van der Waals surface area contributed by atoms with E-state index >= 15 is 0 Å². The molecule has 262 valence electrons. The van der Waals surface area contributed by atoms with Gasteiger partial charge in [-0.3, -0.25) is 14.4 Å². The molecular weight excluding hydrogens is 637 g/mol. The highest BCUT2D eigenvalue weighted by molar-refractivity contribution is 6.74. The molecular formula is C36H50N8O4Si. The van der Waals surface area contributed by atoms with Crippen molar-refractivity contribution in [3.63, 3.8) is 0 Å². The maximum Gasteiger partial charge on any atom is 0.414 e. The van der Waals surface area contributed by atoms with Crippen LogP contribution < -0.4 is 15.5 Å². The van der Waals surface area contributed by atoms with Crippen molar-refractivity contribution in [3.8, 4) is 17.3 Å². The van der Waals surface area contributed by atoms with Crippen molar-refractivity contribution in [2.75, 3.05) is 30.4 Å². The molecule has 3 aromatic rings. The number of anilines is 3. The Bertz CT molecular complexity index is 1780. The second-order valence-corrected chi connectivity index (χ2v) is 20.8.